The van der Waals surface area contributed by atoms with Gasteiger partial charge in [0.15, 0.2) is 0 Å². The first-order valence-electron chi connectivity index (χ1n) is 9.96. The third kappa shape index (κ3) is 6.65. The van der Waals surface area contributed by atoms with E-state index in [0.29, 0.717) is 16.9 Å². The van der Waals surface area contributed by atoms with Crippen molar-refractivity contribution in [2.75, 3.05) is 10.6 Å². The molecule has 2 amide bonds. The second kappa shape index (κ2) is 10.1. The second-order valence-corrected chi connectivity index (χ2v) is 8.92. The molecule has 0 spiro atoms. The molecule has 0 aliphatic carbocycles. The van der Waals surface area contributed by atoms with E-state index in [1.165, 1.54) is 6.08 Å². The van der Waals surface area contributed by atoms with Gasteiger partial charge in [0, 0.05) is 16.5 Å². The zero-order chi connectivity index (χ0) is 23.1. The molecule has 0 saturated heterocycles. The van der Waals surface area contributed by atoms with Gasteiger partial charge in [-0.1, -0.05) is 36.4 Å². The highest BCUT2D eigenvalue weighted by atomic mass is 32.1. The average molecular weight is 449 g/mol. The van der Waals surface area contributed by atoms with E-state index in [9.17, 15) is 14.4 Å². The molecule has 164 valence electrons. The van der Waals surface area contributed by atoms with E-state index in [2.05, 4.69) is 10.6 Å². The van der Waals surface area contributed by atoms with Crippen LogP contribution in [0.4, 0.5) is 16.2 Å². The van der Waals surface area contributed by atoms with E-state index in [1.807, 2.05) is 29.6 Å². The Kier molecular flexibility index (Phi) is 7.22. The van der Waals surface area contributed by atoms with Gasteiger partial charge in [0.2, 0.25) is 5.91 Å². The fraction of sp³-hybridized carbons (Fsp3) is 0.160. The highest BCUT2D eigenvalue weighted by Crippen LogP contribution is 2.32. The number of carbonyl (C=O) groups excluding carboxylic acids is 3. The summed E-state index contributed by atoms with van der Waals surface area (Å²) in [4.78, 5) is 36.6. The van der Waals surface area contributed by atoms with Gasteiger partial charge in [0.25, 0.3) is 0 Å². The molecule has 2 N–H and O–H groups in total. The summed E-state index contributed by atoms with van der Waals surface area (Å²) < 4.78 is 5.33. The molecule has 6 nitrogen and oxygen atoms in total. The maximum absolute atomic E-state index is 12.6. The Morgan fingerprint density at radius 1 is 0.938 bits per heavy atom. The molecule has 7 heteroatoms. The zero-order valence-corrected chi connectivity index (χ0v) is 18.9. The SMILES string of the molecule is CC(C)(C)OC(=O)Nc1ccc(-c2cccs2)cc1NC(=O)/C=C/c1ccc(C=O)cc1. The highest BCUT2D eigenvalue weighted by molar-refractivity contribution is 7.13. The maximum atomic E-state index is 12.6. The molecular weight excluding hydrogens is 424 g/mol. The van der Waals surface area contributed by atoms with E-state index in [0.717, 1.165) is 22.3 Å². The molecule has 0 atom stereocenters. The molecule has 0 saturated carbocycles. The lowest BCUT2D eigenvalue weighted by Gasteiger charge is -2.20. The number of aldehydes is 1. The van der Waals surface area contributed by atoms with Gasteiger partial charge >= 0.3 is 6.09 Å². The summed E-state index contributed by atoms with van der Waals surface area (Å²) in [7, 11) is 0. The first-order chi connectivity index (χ1) is 15.2. The summed E-state index contributed by atoms with van der Waals surface area (Å²) in [6.45, 7) is 5.34. The van der Waals surface area contributed by atoms with Crippen molar-refractivity contribution in [3.05, 3.63) is 77.2 Å². The van der Waals surface area contributed by atoms with Crippen molar-refractivity contribution in [2.45, 2.75) is 26.4 Å². The topological polar surface area (TPSA) is 84.5 Å². The lowest BCUT2D eigenvalue weighted by Crippen LogP contribution is -2.27. The van der Waals surface area contributed by atoms with Crippen molar-refractivity contribution < 1.29 is 19.1 Å². The summed E-state index contributed by atoms with van der Waals surface area (Å²) in [6.07, 6.45) is 3.20. The van der Waals surface area contributed by atoms with Crippen LogP contribution in [0.5, 0.6) is 0 Å². The lowest BCUT2D eigenvalue weighted by molar-refractivity contribution is -0.111. The normalized spacial score (nSPS) is 11.2. The number of anilines is 2. The van der Waals surface area contributed by atoms with Crippen molar-refractivity contribution in [1.29, 1.82) is 0 Å². The van der Waals surface area contributed by atoms with E-state index >= 15 is 0 Å². The number of hydrogen-bond donors (Lipinski definition) is 2. The minimum absolute atomic E-state index is 0.361. The van der Waals surface area contributed by atoms with Gasteiger partial charge in [0.1, 0.15) is 11.9 Å². The Morgan fingerprint density at radius 2 is 1.66 bits per heavy atom. The smallest absolute Gasteiger partial charge is 0.412 e. The Morgan fingerprint density at radius 3 is 2.28 bits per heavy atom. The number of amides is 2. The fourth-order valence-electron chi connectivity index (χ4n) is 2.80. The van der Waals surface area contributed by atoms with Crippen molar-refractivity contribution in [1.82, 2.24) is 0 Å². The minimum atomic E-state index is -0.646. The van der Waals surface area contributed by atoms with E-state index in [-0.39, 0.29) is 5.91 Å². The number of nitrogens with one attached hydrogen (secondary N) is 2. The molecule has 0 radical (unpaired) electrons. The lowest BCUT2D eigenvalue weighted by atomic mass is 10.1. The number of thiophene rings is 1. The molecule has 32 heavy (non-hydrogen) atoms. The monoisotopic (exact) mass is 448 g/mol. The van der Waals surface area contributed by atoms with Gasteiger partial charge in [-0.2, -0.15) is 0 Å². The van der Waals surface area contributed by atoms with Crippen LogP contribution in [0.3, 0.4) is 0 Å². The summed E-state index contributed by atoms with van der Waals surface area (Å²) in [6, 6.07) is 16.2. The summed E-state index contributed by atoms with van der Waals surface area (Å²) in [5, 5.41) is 7.50. The number of carbonyl (C=O) groups is 3. The van der Waals surface area contributed by atoms with Crippen LogP contribution < -0.4 is 10.6 Å². The summed E-state index contributed by atoms with van der Waals surface area (Å²) >= 11 is 1.58. The molecule has 0 aliphatic rings. The molecule has 3 aromatic rings. The predicted octanol–water partition coefficient (Wildman–Crippen LogP) is 6.23. The number of ether oxygens (including phenoxy) is 1. The quantitative estimate of drug-likeness (QED) is 0.346. The molecule has 2 aromatic carbocycles. The highest BCUT2D eigenvalue weighted by Gasteiger charge is 2.18. The molecule has 1 aromatic heterocycles. The van der Waals surface area contributed by atoms with E-state index in [4.69, 9.17) is 4.74 Å². The Labute approximate surface area is 190 Å². The molecule has 1 heterocycles. The van der Waals surface area contributed by atoms with E-state index in [1.54, 1.807) is 68.5 Å². The van der Waals surface area contributed by atoms with Gasteiger partial charge < -0.3 is 10.1 Å². The zero-order valence-electron chi connectivity index (χ0n) is 18.0. The summed E-state index contributed by atoms with van der Waals surface area (Å²) in [5.74, 6) is -0.361. The van der Waals surface area contributed by atoms with Crippen LogP contribution in [0.1, 0.15) is 36.7 Å². The van der Waals surface area contributed by atoms with Gasteiger partial charge in [0.05, 0.1) is 11.4 Å². The van der Waals surface area contributed by atoms with Gasteiger partial charge in [-0.05, 0) is 61.6 Å². The fourth-order valence-corrected chi connectivity index (χ4v) is 3.52. The van der Waals surface area contributed by atoms with Gasteiger partial charge in [-0.3, -0.25) is 14.9 Å². The molecule has 0 aliphatic heterocycles. The van der Waals surface area contributed by atoms with Crippen LogP contribution in [-0.4, -0.2) is 23.9 Å². The van der Waals surface area contributed by atoms with Crippen molar-refractivity contribution in [3.8, 4) is 10.4 Å². The van der Waals surface area contributed by atoms with Gasteiger partial charge in [-0.15, -0.1) is 11.3 Å². The van der Waals surface area contributed by atoms with Crippen LogP contribution in [-0.2, 0) is 9.53 Å². The van der Waals surface area contributed by atoms with Crippen LogP contribution in [0, 0.1) is 0 Å². The third-order valence-corrected chi connectivity index (χ3v) is 5.14. The molecule has 0 fully saturated rings. The van der Waals surface area contributed by atoms with Crippen molar-refractivity contribution >= 4 is 47.1 Å². The second-order valence-electron chi connectivity index (χ2n) is 7.97. The summed E-state index contributed by atoms with van der Waals surface area (Å²) in [5.41, 5.74) is 2.50. The number of hydrogen-bond acceptors (Lipinski definition) is 5. The van der Waals surface area contributed by atoms with E-state index < -0.39 is 11.7 Å². The standard InChI is InChI=1S/C25H24N2O4S/c1-25(2,3)31-24(30)27-20-12-11-19(22-5-4-14-32-22)15-21(20)26-23(29)13-10-17-6-8-18(16-28)9-7-17/h4-16H,1-3H3,(H,26,29)(H,27,30)/b13-10+. The van der Waals surface area contributed by atoms with Crippen LogP contribution in [0.25, 0.3) is 16.5 Å². The van der Waals surface area contributed by atoms with Gasteiger partial charge in [-0.25, -0.2) is 4.79 Å². The van der Waals surface area contributed by atoms with Crippen LogP contribution in [0.2, 0.25) is 0 Å². The molecular formula is C25H24N2O4S. The maximum Gasteiger partial charge on any atom is 0.412 e. The van der Waals surface area contributed by atoms with Crippen molar-refractivity contribution in [3.63, 3.8) is 0 Å². The third-order valence-electron chi connectivity index (χ3n) is 4.22. The Hall–Kier alpha value is -3.71. The minimum Gasteiger partial charge on any atom is -0.444 e. The number of rotatable bonds is 6. The molecule has 3 rings (SSSR count). The molecule has 0 unspecified atom stereocenters. The predicted molar refractivity (Wildman–Crippen MR) is 129 cm³/mol. The van der Waals surface area contributed by atoms with Crippen molar-refractivity contribution in [2.24, 2.45) is 0 Å². The first-order valence-corrected chi connectivity index (χ1v) is 10.8. The molecule has 0 bridgehead atoms. The first kappa shape index (κ1) is 23.0. The largest absolute Gasteiger partial charge is 0.444 e. The number of benzene rings is 2. The van der Waals surface area contributed by atoms with Crippen LogP contribution >= 0.6 is 11.3 Å². The average Bonchev–Trinajstić information content (AvgIpc) is 3.27. The van der Waals surface area contributed by atoms with Crippen LogP contribution in [0.15, 0.2) is 66.1 Å². The Bertz CT molecular complexity index is 1130. The Balaban J connectivity index is 1.81.